The van der Waals surface area contributed by atoms with Crippen LogP contribution in [0.2, 0.25) is 10.2 Å². The van der Waals surface area contributed by atoms with Crippen LogP contribution in [0.1, 0.15) is 21.5 Å². The molecule has 0 radical (unpaired) electrons. The fraction of sp³-hybridized carbons (Fsp3) is 0.0417. The van der Waals surface area contributed by atoms with E-state index in [0.29, 0.717) is 17.4 Å². The molecule has 154 valence electrons. The molecule has 0 aliphatic heterocycles. The van der Waals surface area contributed by atoms with Gasteiger partial charge in [-0.05, 0) is 46.7 Å². The lowest BCUT2D eigenvalue weighted by Crippen LogP contribution is -2.18. The van der Waals surface area contributed by atoms with E-state index in [0.717, 1.165) is 21.9 Å². The van der Waals surface area contributed by atoms with Crippen molar-refractivity contribution in [3.8, 4) is 5.75 Å². The highest BCUT2D eigenvalue weighted by Gasteiger charge is 2.11. The van der Waals surface area contributed by atoms with Gasteiger partial charge in [-0.25, -0.2) is 10.4 Å². The number of ether oxygens (including phenoxy) is 1. The first-order valence-electron chi connectivity index (χ1n) is 9.45. The van der Waals surface area contributed by atoms with Crippen LogP contribution in [-0.4, -0.2) is 17.1 Å². The topological polar surface area (TPSA) is 63.6 Å². The predicted octanol–water partition coefficient (Wildman–Crippen LogP) is 5.88. The summed E-state index contributed by atoms with van der Waals surface area (Å²) in [6.07, 6.45) is 3.09. The second-order valence-electron chi connectivity index (χ2n) is 6.65. The van der Waals surface area contributed by atoms with E-state index in [1.807, 2.05) is 60.7 Å². The Balaban J connectivity index is 1.59. The molecule has 31 heavy (non-hydrogen) atoms. The van der Waals surface area contributed by atoms with Gasteiger partial charge < -0.3 is 4.74 Å². The first-order chi connectivity index (χ1) is 15.1. The molecular weight excluding hydrogens is 433 g/mol. The maximum atomic E-state index is 12.4. The van der Waals surface area contributed by atoms with Crippen molar-refractivity contribution >= 4 is 46.1 Å². The zero-order valence-electron chi connectivity index (χ0n) is 16.3. The zero-order valence-corrected chi connectivity index (χ0v) is 17.8. The zero-order chi connectivity index (χ0) is 21.6. The van der Waals surface area contributed by atoms with Crippen molar-refractivity contribution in [3.05, 3.63) is 106 Å². The fourth-order valence-corrected chi connectivity index (χ4v) is 3.38. The van der Waals surface area contributed by atoms with Crippen molar-refractivity contribution in [2.24, 2.45) is 5.10 Å². The molecule has 1 N–H and O–H groups in total. The molecule has 1 aromatic heterocycles. The first-order valence-corrected chi connectivity index (χ1v) is 10.2. The van der Waals surface area contributed by atoms with E-state index >= 15 is 0 Å². The molecule has 3 aromatic carbocycles. The van der Waals surface area contributed by atoms with Crippen LogP contribution in [0.5, 0.6) is 5.75 Å². The number of hydrogen-bond donors (Lipinski definition) is 1. The number of nitrogens with one attached hydrogen (secondary N) is 1. The van der Waals surface area contributed by atoms with E-state index < -0.39 is 5.91 Å². The Bertz CT molecular complexity index is 1260. The van der Waals surface area contributed by atoms with Gasteiger partial charge in [0.05, 0.1) is 11.8 Å². The Labute approximate surface area is 189 Å². The minimum absolute atomic E-state index is 0.118. The van der Waals surface area contributed by atoms with E-state index in [4.69, 9.17) is 27.9 Å². The fourth-order valence-electron chi connectivity index (χ4n) is 3.05. The Kier molecular flexibility index (Phi) is 6.46. The van der Waals surface area contributed by atoms with Crippen LogP contribution in [0.15, 0.2) is 84.1 Å². The van der Waals surface area contributed by atoms with E-state index in [1.165, 1.54) is 6.20 Å². The van der Waals surface area contributed by atoms with Gasteiger partial charge in [0.15, 0.2) is 0 Å². The Hall–Kier alpha value is -3.41. The number of halogens is 2. The quantitative estimate of drug-likeness (QED) is 0.227. The second-order valence-corrected chi connectivity index (χ2v) is 7.45. The highest BCUT2D eigenvalue weighted by Crippen LogP contribution is 2.27. The van der Waals surface area contributed by atoms with Crippen molar-refractivity contribution in [1.29, 1.82) is 0 Å². The van der Waals surface area contributed by atoms with Gasteiger partial charge in [0.1, 0.15) is 17.5 Å². The summed E-state index contributed by atoms with van der Waals surface area (Å²) < 4.78 is 6.05. The largest absolute Gasteiger partial charge is 0.488 e. The van der Waals surface area contributed by atoms with Crippen LogP contribution >= 0.6 is 23.2 Å². The van der Waals surface area contributed by atoms with E-state index in [-0.39, 0.29) is 10.7 Å². The van der Waals surface area contributed by atoms with Gasteiger partial charge >= 0.3 is 0 Å². The van der Waals surface area contributed by atoms with Gasteiger partial charge in [-0.2, -0.15) is 5.10 Å². The molecule has 1 heterocycles. The van der Waals surface area contributed by atoms with Crippen molar-refractivity contribution < 1.29 is 9.53 Å². The number of nitrogens with zero attached hydrogens (tertiary/aromatic N) is 2. The number of pyridine rings is 1. The smallest absolute Gasteiger partial charge is 0.274 e. The molecule has 0 unspecified atom stereocenters. The maximum Gasteiger partial charge on any atom is 0.274 e. The molecule has 0 spiro atoms. The van der Waals surface area contributed by atoms with Crippen LogP contribution in [-0.2, 0) is 6.61 Å². The summed E-state index contributed by atoms with van der Waals surface area (Å²) in [6.45, 7) is 0.369. The molecule has 0 aliphatic rings. The number of benzene rings is 3. The number of carbonyl (C=O) groups excluding carboxylic acids is 1. The van der Waals surface area contributed by atoms with Gasteiger partial charge in [0.2, 0.25) is 0 Å². The summed E-state index contributed by atoms with van der Waals surface area (Å²) in [5.74, 6) is 0.198. The highest BCUT2D eigenvalue weighted by molar-refractivity contribution is 6.32. The summed E-state index contributed by atoms with van der Waals surface area (Å²) in [7, 11) is 0. The molecule has 4 rings (SSSR count). The predicted molar refractivity (Wildman–Crippen MR) is 124 cm³/mol. The molecule has 7 heteroatoms. The Morgan fingerprint density at radius 2 is 1.81 bits per heavy atom. The molecule has 1 amide bonds. The first kappa shape index (κ1) is 20.8. The maximum absolute atomic E-state index is 12.4. The number of carbonyl (C=O) groups is 1. The van der Waals surface area contributed by atoms with Gasteiger partial charge in [0.25, 0.3) is 5.91 Å². The van der Waals surface area contributed by atoms with Crippen molar-refractivity contribution in [2.45, 2.75) is 6.61 Å². The Morgan fingerprint density at radius 3 is 2.61 bits per heavy atom. The minimum atomic E-state index is -0.446. The molecule has 0 fully saturated rings. The standard InChI is InChI=1S/C24H17Cl2N3O2/c25-18-10-7-16(8-11-18)15-31-22-12-9-17-4-1-2-5-19(17)21(22)14-28-29-24(30)20-6-3-13-27-23(20)26/h1-14H,15H2,(H,29,30). The van der Waals surface area contributed by atoms with Gasteiger partial charge in [-0.1, -0.05) is 65.7 Å². The van der Waals surface area contributed by atoms with Gasteiger partial charge in [-0.3, -0.25) is 4.79 Å². The lowest BCUT2D eigenvalue weighted by molar-refractivity contribution is 0.0955. The van der Waals surface area contributed by atoms with Crippen LogP contribution in [0.25, 0.3) is 10.8 Å². The number of rotatable bonds is 6. The van der Waals surface area contributed by atoms with E-state index in [2.05, 4.69) is 15.5 Å². The van der Waals surface area contributed by atoms with Crippen LogP contribution < -0.4 is 10.2 Å². The monoisotopic (exact) mass is 449 g/mol. The average Bonchev–Trinajstić information content (AvgIpc) is 2.79. The normalized spacial score (nSPS) is 11.0. The number of hydrogen-bond acceptors (Lipinski definition) is 4. The van der Waals surface area contributed by atoms with E-state index in [1.54, 1.807) is 18.3 Å². The Morgan fingerprint density at radius 1 is 1.00 bits per heavy atom. The number of aromatic nitrogens is 1. The molecule has 4 aromatic rings. The average molecular weight is 450 g/mol. The van der Waals surface area contributed by atoms with Crippen molar-refractivity contribution in [2.75, 3.05) is 0 Å². The number of fused-ring (bicyclic) bond motifs is 1. The van der Waals surface area contributed by atoms with Gasteiger partial charge in [0, 0.05) is 16.8 Å². The lowest BCUT2D eigenvalue weighted by atomic mass is 10.0. The highest BCUT2D eigenvalue weighted by atomic mass is 35.5. The summed E-state index contributed by atoms with van der Waals surface area (Å²) in [5, 5.41) is 6.90. The van der Waals surface area contributed by atoms with Crippen LogP contribution in [0, 0.1) is 0 Å². The van der Waals surface area contributed by atoms with E-state index in [9.17, 15) is 4.79 Å². The van der Waals surface area contributed by atoms with Gasteiger partial charge in [-0.15, -0.1) is 0 Å². The molecule has 0 bridgehead atoms. The van der Waals surface area contributed by atoms with Crippen LogP contribution in [0.4, 0.5) is 0 Å². The molecule has 0 atom stereocenters. The summed E-state index contributed by atoms with van der Waals surface area (Å²) in [4.78, 5) is 16.3. The van der Waals surface area contributed by atoms with Crippen LogP contribution in [0.3, 0.4) is 0 Å². The second kappa shape index (κ2) is 9.60. The third-order valence-corrected chi connectivity index (χ3v) is 5.15. The molecule has 0 aliphatic carbocycles. The SMILES string of the molecule is O=C(NN=Cc1c(OCc2ccc(Cl)cc2)ccc2ccccc12)c1cccnc1Cl. The molecular formula is C24H17Cl2N3O2. The lowest BCUT2D eigenvalue weighted by Gasteiger charge is -2.12. The minimum Gasteiger partial charge on any atom is -0.488 e. The third-order valence-electron chi connectivity index (χ3n) is 4.60. The molecule has 5 nitrogen and oxygen atoms in total. The number of hydrazone groups is 1. The summed E-state index contributed by atoms with van der Waals surface area (Å²) in [5.41, 5.74) is 4.49. The molecule has 0 saturated heterocycles. The summed E-state index contributed by atoms with van der Waals surface area (Å²) >= 11 is 11.9. The molecule has 0 saturated carbocycles. The summed E-state index contributed by atoms with van der Waals surface area (Å²) in [6, 6.07) is 22.4. The number of amides is 1. The van der Waals surface area contributed by atoms with Crippen molar-refractivity contribution in [1.82, 2.24) is 10.4 Å². The van der Waals surface area contributed by atoms with Crippen molar-refractivity contribution in [3.63, 3.8) is 0 Å². The third kappa shape index (κ3) is 5.02.